The first-order valence-corrected chi connectivity index (χ1v) is 7.32. The van der Waals surface area contributed by atoms with Crippen LogP contribution in [0.2, 0.25) is 0 Å². The third-order valence-corrected chi connectivity index (χ3v) is 4.38. The molecule has 0 saturated carbocycles. The summed E-state index contributed by atoms with van der Waals surface area (Å²) in [6.07, 6.45) is 0. The molecule has 0 spiro atoms. The summed E-state index contributed by atoms with van der Waals surface area (Å²) in [7, 11) is 0. The van der Waals surface area contributed by atoms with Gasteiger partial charge in [0.05, 0.1) is 10.2 Å². The van der Waals surface area contributed by atoms with E-state index in [2.05, 4.69) is 31.0 Å². The van der Waals surface area contributed by atoms with Crippen molar-refractivity contribution in [1.29, 1.82) is 0 Å². The summed E-state index contributed by atoms with van der Waals surface area (Å²) in [6, 6.07) is 8.08. The van der Waals surface area contributed by atoms with E-state index >= 15 is 0 Å². The Morgan fingerprint density at radius 2 is 1.80 bits per heavy atom. The Labute approximate surface area is 122 Å². The molecule has 0 saturated heterocycles. The van der Waals surface area contributed by atoms with Gasteiger partial charge in [0.25, 0.3) is 0 Å². The van der Waals surface area contributed by atoms with Crippen LogP contribution in [0.5, 0.6) is 11.5 Å². The number of nitrogens with zero attached hydrogens (tertiary/aromatic N) is 1. The van der Waals surface area contributed by atoms with Crippen molar-refractivity contribution in [2.45, 2.75) is 20.8 Å². The topological polar surface area (TPSA) is 48.1 Å². The predicted molar refractivity (Wildman–Crippen MR) is 84.8 cm³/mol. The van der Waals surface area contributed by atoms with Crippen molar-refractivity contribution in [2.24, 2.45) is 0 Å². The van der Waals surface area contributed by atoms with Crippen molar-refractivity contribution in [3.63, 3.8) is 0 Å². The van der Waals surface area contributed by atoms with Crippen LogP contribution in [0.25, 0.3) is 10.2 Å². The largest absolute Gasteiger partial charge is 0.455 e. The van der Waals surface area contributed by atoms with Crippen LogP contribution >= 0.6 is 11.3 Å². The number of thiazole rings is 1. The normalized spacial score (nSPS) is 10.9. The molecule has 4 heteroatoms. The maximum absolute atomic E-state index is 6.17. The Bertz CT molecular complexity index is 793. The SMILES string of the molecule is Cc1ccc(C)c(Oc2ccc3scnc3c2N)c1C. The van der Waals surface area contributed by atoms with E-state index < -0.39 is 0 Å². The summed E-state index contributed by atoms with van der Waals surface area (Å²) in [5, 5.41) is 0. The van der Waals surface area contributed by atoms with Gasteiger partial charge in [0.15, 0.2) is 5.75 Å². The average Bonchev–Trinajstić information content (AvgIpc) is 2.91. The molecular weight excluding hydrogens is 268 g/mol. The van der Waals surface area contributed by atoms with Crippen molar-refractivity contribution in [1.82, 2.24) is 4.98 Å². The molecule has 0 aliphatic heterocycles. The lowest BCUT2D eigenvalue weighted by molar-refractivity contribution is 0.477. The Morgan fingerprint density at radius 3 is 2.60 bits per heavy atom. The Hall–Kier alpha value is -2.07. The van der Waals surface area contributed by atoms with Gasteiger partial charge in [-0.2, -0.15) is 0 Å². The molecule has 0 atom stereocenters. The lowest BCUT2D eigenvalue weighted by Crippen LogP contribution is -1.97. The fraction of sp³-hybridized carbons (Fsp3) is 0.188. The van der Waals surface area contributed by atoms with Gasteiger partial charge in [-0.3, -0.25) is 0 Å². The molecule has 0 aliphatic carbocycles. The molecule has 1 heterocycles. The van der Waals surface area contributed by atoms with Crippen LogP contribution in [0.1, 0.15) is 16.7 Å². The van der Waals surface area contributed by atoms with Gasteiger partial charge in [0, 0.05) is 0 Å². The number of hydrogen-bond donors (Lipinski definition) is 1. The van der Waals surface area contributed by atoms with Crippen molar-refractivity contribution in [2.75, 3.05) is 5.73 Å². The second-order valence-electron chi connectivity index (χ2n) is 4.93. The van der Waals surface area contributed by atoms with Crippen molar-refractivity contribution in [3.05, 3.63) is 46.5 Å². The molecule has 0 aliphatic rings. The third kappa shape index (κ3) is 2.02. The number of hydrogen-bond acceptors (Lipinski definition) is 4. The molecule has 0 fully saturated rings. The highest BCUT2D eigenvalue weighted by Crippen LogP contribution is 2.37. The van der Waals surface area contributed by atoms with E-state index in [9.17, 15) is 0 Å². The molecule has 102 valence electrons. The van der Waals surface area contributed by atoms with Crippen LogP contribution in [-0.2, 0) is 0 Å². The third-order valence-electron chi connectivity index (χ3n) is 3.59. The highest BCUT2D eigenvalue weighted by atomic mass is 32.1. The molecule has 2 N–H and O–H groups in total. The Kier molecular flexibility index (Phi) is 3.10. The number of aryl methyl sites for hydroxylation is 2. The maximum Gasteiger partial charge on any atom is 0.152 e. The van der Waals surface area contributed by atoms with E-state index in [1.165, 1.54) is 5.56 Å². The number of benzene rings is 2. The average molecular weight is 284 g/mol. The van der Waals surface area contributed by atoms with Gasteiger partial charge < -0.3 is 10.5 Å². The van der Waals surface area contributed by atoms with Gasteiger partial charge in [-0.1, -0.05) is 12.1 Å². The first-order chi connectivity index (χ1) is 9.58. The molecule has 2 aromatic carbocycles. The van der Waals surface area contributed by atoms with Crippen LogP contribution in [-0.4, -0.2) is 4.98 Å². The van der Waals surface area contributed by atoms with E-state index in [4.69, 9.17) is 10.5 Å². The van der Waals surface area contributed by atoms with Crippen LogP contribution in [0.15, 0.2) is 29.8 Å². The molecular formula is C16H16N2OS. The van der Waals surface area contributed by atoms with Gasteiger partial charge in [-0.15, -0.1) is 11.3 Å². The zero-order valence-electron chi connectivity index (χ0n) is 11.7. The minimum Gasteiger partial charge on any atom is -0.455 e. The molecule has 3 nitrogen and oxygen atoms in total. The second-order valence-corrected chi connectivity index (χ2v) is 5.82. The fourth-order valence-electron chi connectivity index (χ4n) is 2.22. The van der Waals surface area contributed by atoms with Crippen molar-refractivity contribution in [3.8, 4) is 11.5 Å². The molecule has 3 rings (SSSR count). The fourth-order valence-corrected chi connectivity index (χ4v) is 2.91. The van der Waals surface area contributed by atoms with E-state index in [0.717, 1.165) is 27.1 Å². The van der Waals surface area contributed by atoms with E-state index in [0.29, 0.717) is 11.4 Å². The van der Waals surface area contributed by atoms with E-state index in [1.54, 1.807) is 16.8 Å². The summed E-state index contributed by atoms with van der Waals surface area (Å²) in [5.41, 5.74) is 12.8. The van der Waals surface area contributed by atoms with Gasteiger partial charge in [-0.25, -0.2) is 4.98 Å². The Morgan fingerprint density at radius 1 is 1.05 bits per heavy atom. The van der Waals surface area contributed by atoms with Gasteiger partial charge in [0.1, 0.15) is 17.0 Å². The predicted octanol–water partition coefficient (Wildman–Crippen LogP) is 4.60. The smallest absolute Gasteiger partial charge is 0.152 e. The van der Waals surface area contributed by atoms with Gasteiger partial charge in [-0.05, 0) is 49.6 Å². The number of anilines is 1. The summed E-state index contributed by atoms with van der Waals surface area (Å²) in [6.45, 7) is 6.18. The standard InChI is InChI=1S/C16H16N2OS/c1-9-4-5-10(2)16(11(9)3)19-12-6-7-13-15(14(12)17)18-8-20-13/h4-8H,17H2,1-3H3. The highest BCUT2D eigenvalue weighted by molar-refractivity contribution is 7.16. The number of rotatable bonds is 2. The second kappa shape index (κ2) is 4.80. The lowest BCUT2D eigenvalue weighted by atomic mass is 10.1. The maximum atomic E-state index is 6.17. The van der Waals surface area contributed by atoms with Crippen LogP contribution in [0, 0.1) is 20.8 Å². The van der Waals surface area contributed by atoms with Crippen molar-refractivity contribution >= 4 is 27.2 Å². The molecule has 1 aromatic heterocycles. The first-order valence-electron chi connectivity index (χ1n) is 6.44. The molecule has 0 amide bonds. The number of ether oxygens (including phenoxy) is 1. The first kappa shape index (κ1) is 12.9. The van der Waals surface area contributed by atoms with Gasteiger partial charge in [0.2, 0.25) is 0 Å². The zero-order valence-corrected chi connectivity index (χ0v) is 12.5. The molecule has 0 bridgehead atoms. The quantitative estimate of drug-likeness (QED) is 0.700. The van der Waals surface area contributed by atoms with Crippen LogP contribution < -0.4 is 10.5 Å². The molecule has 20 heavy (non-hydrogen) atoms. The summed E-state index contributed by atoms with van der Waals surface area (Å²) < 4.78 is 7.15. The summed E-state index contributed by atoms with van der Waals surface area (Å²) >= 11 is 1.58. The monoisotopic (exact) mass is 284 g/mol. The molecule has 0 unspecified atom stereocenters. The minimum atomic E-state index is 0.601. The van der Waals surface area contributed by atoms with Crippen LogP contribution in [0.3, 0.4) is 0 Å². The summed E-state index contributed by atoms with van der Waals surface area (Å²) in [5.74, 6) is 1.55. The highest BCUT2D eigenvalue weighted by Gasteiger charge is 2.12. The number of aromatic nitrogens is 1. The van der Waals surface area contributed by atoms with Crippen molar-refractivity contribution < 1.29 is 4.74 Å². The number of fused-ring (bicyclic) bond motifs is 1. The minimum absolute atomic E-state index is 0.601. The molecule has 0 radical (unpaired) electrons. The van der Waals surface area contributed by atoms with E-state index in [1.807, 2.05) is 19.1 Å². The molecule has 3 aromatic rings. The summed E-state index contributed by atoms with van der Waals surface area (Å²) in [4.78, 5) is 4.30. The lowest BCUT2D eigenvalue weighted by Gasteiger charge is -2.15. The zero-order chi connectivity index (χ0) is 14.3. The Balaban J connectivity index is 2.10. The van der Waals surface area contributed by atoms with Gasteiger partial charge >= 0.3 is 0 Å². The van der Waals surface area contributed by atoms with E-state index in [-0.39, 0.29) is 0 Å². The van der Waals surface area contributed by atoms with Crippen LogP contribution in [0.4, 0.5) is 5.69 Å². The number of nitrogen functional groups attached to an aromatic ring is 1. The number of nitrogens with two attached hydrogens (primary N) is 1.